The van der Waals surface area contributed by atoms with E-state index in [1.165, 1.54) is 0 Å². The van der Waals surface area contributed by atoms with Crippen molar-refractivity contribution >= 4 is 16.6 Å². The maximum absolute atomic E-state index is 12.2. The molecular formula is C21H23N5O2S. The van der Waals surface area contributed by atoms with Gasteiger partial charge in [0.05, 0.1) is 22.7 Å². The van der Waals surface area contributed by atoms with E-state index < -0.39 is 10.8 Å². The Kier molecular flexibility index (Phi) is 5.18. The van der Waals surface area contributed by atoms with Crippen LogP contribution < -0.4 is 5.73 Å². The van der Waals surface area contributed by atoms with Crippen molar-refractivity contribution in [2.75, 3.05) is 5.73 Å². The van der Waals surface area contributed by atoms with Crippen LogP contribution in [0.25, 0.3) is 34.3 Å². The van der Waals surface area contributed by atoms with Gasteiger partial charge in [-0.3, -0.25) is 4.21 Å². The lowest BCUT2D eigenvalue weighted by molar-refractivity contribution is 0.582. The molecule has 0 amide bonds. The second kappa shape index (κ2) is 7.92. The molecule has 0 radical (unpaired) electrons. The molecule has 2 heterocycles. The van der Waals surface area contributed by atoms with E-state index in [0.29, 0.717) is 17.3 Å². The molecule has 29 heavy (non-hydrogen) atoms. The molecule has 0 spiro atoms. The number of nitrogens with zero attached hydrogens (tertiary/aromatic N) is 4. The van der Waals surface area contributed by atoms with E-state index in [0.717, 1.165) is 16.0 Å². The first kappa shape index (κ1) is 18.9. The molecule has 2 aromatic heterocycles. The van der Waals surface area contributed by atoms with Gasteiger partial charge in [0, 0.05) is 24.1 Å². The number of nitrogen functional groups attached to an aromatic ring is 1. The summed E-state index contributed by atoms with van der Waals surface area (Å²) in [5, 5.41) is 8.21. The second-order valence-electron chi connectivity index (χ2n) is 6.64. The Morgan fingerprint density at radius 1 is 0.966 bits per heavy atom. The van der Waals surface area contributed by atoms with Gasteiger partial charge in [0.15, 0.2) is 11.5 Å². The molecule has 0 saturated carbocycles. The van der Waals surface area contributed by atoms with Gasteiger partial charge in [-0.1, -0.05) is 44.2 Å². The molecule has 4 rings (SSSR count). The standard InChI is InChI=1S/C21H19N5O2S.2H2/c1-13(2)29(27)16-10-8-14(9-11-16)17-12-23-19(22)18(24-17)21-26-25-20(28-21)15-6-4-3-5-7-15;;/h3-13H,1-2H3,(H2,22,23);2*1H. The molecule has 7 nitrogen and oxygen atoms in total. The summed E-state index contributed by atoms with van der Waals surface area (Å²) in [6.07, 6.45) is 1.59. The Labute approximate surface area is 173 Å². The van der Waals surface area contributed by atoms with Gasteiger partial charge in [0.1, 0.15) is 0 Å². The molecule has 8 heteroatoms. The van der Waals surface area contributed by atoms with Crippen molar-refractivity contribution < 1.29 is 11.5 Å². The van der Waals surface area contributed by atoms with Gasteiger partial charge in [0.25, 0.3) is 5.89 Å². The molecule has 0 saturated heterocycles. The van der Waals surface area contributed by atoms with Crippen molar-refractivity contribution in [3.05, 3.63) is 60.8 Å². The van der Waals surface area contributed by atoms with E-state index in [1.54, 1.807) is 6.20 Å². The number of aromatic nitrogens is 4. The van der Waals surface area contributed by atoms with E-state index in [2.05, 4.69) is 20.2 Å². The van der Waals surface area contributed by atoms with Gasteiger partial charge in [-0.15, -0.1) is 10.2 Å². The summed E-state index contributed by atoms with van der Waals surface area (Å²) >= 11 is 0. The Balaban J connectivity index is 0.00000171. The van der Waals surface area contributed by atoms with Crippen molar-refractivity contribution in [2.45, 2.75) is 24.0 Å². The predicted octanol–water partition coefficient (Wildman–Crippen LogP) is 4.45. The van der Waals surface area contributed by atoms with Crippen LogP contribution in [0.4, 0.5) is 5.82 Å². The largest absolute Gasteiger partial charge is 0.414 e. The quantitative estimate of drug-likeness (QED) is 0.519. The Morgan fingerprint density at radius 2 is 1.66 bits per heavy atom. The molecule has 150 valence electrons. The number of anilines is 1. The highest BCUT2D eigenvalue weighted by Gasteiger charge is 2.17. The molecule has 0 aliphatic carbocycles. The van der Waals surface area contributed by atoms with Crippen molar-refractivity contribution in [1.29, 1.82) is 0 Å². The lowest BCUT2D eigenvalue weighted by atomic mass is 10.1. The molecule has 1 unspecified atom stereocenters. The smallest absolute Gasteiger partial charge is 0.270 e. The van der Waals surface area contributed by atoms with Crippen LogP contribution >= 0.6 is 0 Å². The summed E-state index contributed by atoms with van der Waals surface area (Å²) in [5.74, 6) is 0.787. The highest BCUT2D eigenvalue weighted by molar-refractivity contribution is 7.85. The fraction of sp³-hybridized carbons (Fsp3) is 0.143. The minimum atomic E-state index is -1.04. The third-order valence-corrected chi connectivity index (χ3v) is 5.85. The summed E-state index contributed by atoms with van der Waals surface area (Å²) in [5.41, 5.74) is 8.57. The molecule has 2 N–H and O–H groups in total. The maximum atomic E-state index is 12.2. The molecule has 0 bridgehead atoms. The highest BCUT2D eigenvalue weighted by atomic mass is 32.2. The van der Waals surface area contributed by atoms with Gasteiger partial charge in [-0.25, -0.2) is 9.97 Å². The monoisotopic (exact) mass is 409 g/mol. The normalized spacial score (nSPS) is 12.2. The van der Waals surface area contributed by atoms with Crippen LogP contribution in [0, 0.1) is 0 Å². The number of rotatable bonds is 5. The number of benzene rings is 2. The lowest BCUT2D eigenvalue weighted by Crippen LogP contribution is -2.05. The van der Waals surface area contributed by atoms with Crippen LogP contribution in [0.1, 0.15) is 16.7 Å². The molecule has 0 aliphatic heterocycles. The summed E-state index contributed by atoms with van der Waals surface area (Å²) in [6.45, 7) is 3.85. The summed E-state index contributed by atoms with van der Waals surface area (Å²) in [6, 6.07) is 16.9. The van der Waals surface area contributed by atoms with Gasteiger partial charge in [-0.2, -0.15) is 0 Å². The number of nitrogens with two attached hydrogens (primary N) is 1. The minimum Gasteiger partial charge on any atom is -0.414 e. The first-order valence-electron chi connectivity index (χ1n) is 9.06. The first-order chi connectivity index (χ1) is 14.0. The fourth-order valence-electron chi connectivity index (χ4n) is 2.74. The average Bonchev–Trinajstić information content (AvgIpc) is 3.24. The van der Waals surface area contributed by atoms with Crippen molar-refractivity contribution in [1.82, 2.24) is 20.2 Å². The molecule has 0 fully saturated rings. The molecule has 1 atom stereocenters. The Bertz CT molecular complexity index is 1170. The van der Waals surface area contributed by atoms with Crippen molar-refractivity contribution in [2.24, 2.45) is 0 Å². The van der Waals surface area contributed by atoms with Crippen LogP contribution in [0.15, 0.2) is 70.1 Å². The van der Waals surface area contributed by atoms with Crippen LogP contribution in [-0.2, 0) is 10.8 Å². The van der Waals surface area contributed by atoms with E-state index >= 15 is 0 Å². The van der Waals surface area contributed by atoms with Crippen LogP contribution in [-0.4, -0.2) is 29.6 Å². The zero-order valence-corrected chi connectivity index (χ0v) is 16.8. The minimum absolute atomic E-state index is 0. The van der Waals surface area contributed by atoms with E-state index in [-0.39, 0.29) is 19.8 Å². The van der Waals surface area contributed by atoms with Crippen LogP contribution in [0.2, 0.25) is 0 Å². The third kappa shape index (κ3) is 3.93. The van der Waals surface area contributed by atoms with Crippen molar-refractivity contribution in [3.8, 4) is 34.3 Å². The van der Waals surface area contributed by atoms with E-state index in [4.69, 9.17) is 10.2 Å². The van der Waals surface area contributed by atoms with E-state index in [1.807, 2.05) is 68.4 Å². The van der Waals surface area contributed by atoms with Gasteiger partial charge in [0.2, 0.25) is 5.89 Å². The summed E-state index contributed by atoms with van der Waals surface area (Å²) in [4.78, 5) is 9.57. The fourth-order valence-corrected chi connectivity index (χ4v) is 3.69. The van der Waals surface area contributed by atoms with Gasteiger partial charge in [-0.05, 0) is 24.3 Å². The average molecular weight is 410 g/mol. The second-order valence-corrected chi connectivity index (χ2v) is 8.65. The summed E-state index contributed by atoms with van der Waals surface area (Å²) < 4.78 is 18.0. The maximum Gasteiger partial charge on any atom is 0.270 e. The number of hydrogen-bond donors (Lipinski definition) is 1. The Hall–Kier alpha value is -3.39. The van der Waals surface area contributed by atoms with Crippen LogP contribution in [0.5, 0.6) is 0 Å². The van der Waals surface area contributed by atoms with Gasteiger partial charge < -0.3 is 10.2 Å². The zero-order valence-electron chi connectivity index (χ0n) is 15.9. The lowest BCUT2D eigenvalue weighted by Gasteiger charge is -2.07. The molecule has 2 aromatic carbocycles. The number of hydrogen-bond acceptors (Lipinski definition) is 7. The zero-order chi connectivity index (χ0) is 20.4. The summed E-state index contributed by atoms with van der Waals surface area (Å²) in [7, 11) is -1.04. The molecular weight excluding hydrogens is 386 g/mol. The van der Waals surface area contributed by atoms with E-state index in [9.17, 15) is 4.21 Å². The first-order valence-corrected chi connectivity index (χ1v) is 10.3. The molecule has 4 aromatic rings. The van der Waals surface area contributed by atoms with Crippen LogP contribution in [0.3, 0.4) is 0 Å². The molecule has 0 aliphatic rings. The highest BCUT2D eigenvalue weighted by Crippen LogP contribution is 2.28. The Morgan fingerprint density at radius 3 is 2.34 bits per heavy atom. The van der Waals surface area contributed by atoms with Crippen molar-refractivity contribution in [3.63, 3.8) is 0 Å². The predicted molar refractivity (Wildman–Crippen MR) is 116 cm³/mol. The topological polar surface area (TPSA) is 108 Å². The SMILES string of the molecule is CC(C)S(=O)c1ccc(-c2cnc(N)c(-c3nnc(-c4ccccc4)o3)n2)cc1.[HH].[HH]. The van der Waals surface area contributed by atoms with Gasteiger partial charge >= 0.3 is 0 Å². The third-order valence-electron chi connectivity index (χ3n) is 4.26.